The second-order valence-corrected chi connectivity index (χ2v) is 2.95. The second kappa shape index (κ2) is 5.25. The van der Waals surface area contributed by atoms with Gasteiger partial charge in [-0.1, -0.05) is 13.8 Å². The van der Waals surface area contributed by atoms with Gasteiger partial charge in [0.05, 0.1) is 5.92 Å². The largest absolute Gasteiger partial charge is 0.303 e. The fourth-order valence-corrected chi connectivity index (χ4v) is 1.33. The molecular formula is C9H18FNO. The molecule has 0 aromatic heterocycles. The van der Waals surface area contributed by atoms with Crippen LogP contribution in [0.2, 0.25) is 0 Å². The molecular weight excluding hydrogens is 157 g/mol. The number of nitrogens with zero attached hydrogens (tertiary/aromatic N) is 1. The number of Topliss-reactive ketones (excluding diaryl/α,β-unsaturated/α-hetero) is 1. The molecule has 0 aliphatic carbocycles. The second-order valence-electron chi connectivity index (χ2n) is 2.95. The lowest BCUT2D eigenvalue weighted by Gasteiger charge is -2.05. The van der Waals surface area contributed by atoms with Crippen molar-refractivity contribution in [3.63, 3.8) is 0 Å². The first-order chi connectivity index (χ1) is 5.61. The monoisotopic (exact) mass is 175 g/mol. The quantitative estimate of drug-likeness (QED) is 0.602. The van der Waals surface area contributed by atoms with Gasteiger partial charge in [0.15, 0.2) is 0 Å². The van der Waals surface area contributed by atoms with Gasteiger partial charge >= 0.3 is 0 Å². The van der Waals surface area contributed by atoms with E-state index < -0.39 is 6.17 Å². The summed E-state index contributed by atoms with van der Waals surface area (Å²) in [6.45, 7) is 6.44. The zero-order valence-electron chi connectivity index (χ0n) is 8.30. The van der Waals surface area contributed by atoms with Gasteiger partial charge in [-0.2, -0.15) is 0 Å². The van der Waals surface area contributed by atoms with Crippen molar-refractivity contribution in [2.75, 3.05) is 20.1 Å². The van der Waals surface area contributed by atoms with Crippen LogP contribution in [0.15, 0.2) is 0 Å². The number of ketones is 1. The van der Waals surface area contributed by atoms with Gasteiger partial charge in [-0.25, -0.2) is 4.39 Å². The Morgan fingerprint density at radius 2 is 1.92 bits per heavy atom. The van der Waals surface area contributed by atoms with Crippen LogP contribution in [0.25, 0.3) is 0 Å². The molecule has 0 aromatic rings. The molecule has 2 nitrogen and oxygen atoms in total. The lowest BCUT2D eigenvalue weighted by atomic mass is 10.0. The molecule has 0 aromatic carbocycles. The van der Waals surface area contributed by atoms with E-state index >= 15 is 0 Å². The van der Waals surface area contributed by atoms with Crippen molar-refractivity contribution >= 4 is 5.78 Å². The minimum atomic E-state index is -0.942. The van der Waals surface area contributed by atoms with E-state index in [1.165, 1.54) is 6.92 Å². The van der Waals surface area contributed by atoms with Crippen molar-refractivity contribution in [2.45, 2.75) is 26.9 Å². The van der Waals surface area contributed by atoms with Crippen molar-refractivity contribution in [1.29, 1.82) is 0 Å². The van der Waals surface area contributed by atoms with Gasteiger partial charge in [-0.3, -0.25) is 4.79 Å². The SMILES string of the molecule is CC.CC(=O)C1CN(C)CC1F. The molecule has 1 heterocycles. The summed E-state index contributed by atoms with van der Waals surface area (Å²) in [5.74, 6) is -0.401. The normalized spacial score (nSPS) is 29.4. The lowest BCUT2D eigenvalue weighted by Crippen LogP contribution is -2.20. The standard InChI is InChI=1S/C7H12FNO.C2H6/c1-5(10)6-3-9(2)4-7(6)8;1-2/h6-7H,3-4H2,1-2H3;1-2H3. The van der Waals surface area contributed by atoms with Crippen LogP contribution in [0.1, 0.15) is 20.8 Å². The van der Waals surface area contributed by atoms with Crippen LogP contribution < -0.4 is 0 Å². The Labute approximate surface area is 73.7 Å². The summed E-state index contributed by atoms with van der Waals surface area (Å²) >= 11 is 0. The maximum Gasteiger partial charge on any atom is 0.137 e. The number of carbonyl (C=O) groups excluding carboxylic acids is 1. The summed E-state index contributed by atoms with van der Waals surface area (Å²) in [6.07, 6.45) is -0.942. The van der Waals surface area contributed by atoms with Crippen LogP contribution in [0.5, 0.6) is 0 Å². The predicted molar refractivity (Wildman–Crippen MR) is 47.9 cm³/mol. The fourth-order valence-electron chi connectivity index (χ4n) is 1.33. The van der Waals surface area contributed by atoms with Gasteiger partial charge in [0.1, 0.15) is 12.0 Å². The minimum absolute atomic E-state index is 0.0307. The van der Waals surface area contributed by atoms with Crippen LogP contribution >= 0.6 is 0 Å². The number of halogens is 1. The number of rotatable bonds is 1. The number of hydrogen-bond acceptors (Lipinski definition) is 2. The highest BCUT2D eigenvalue weighted by atomic mass is 19.1. The molecule has 1 aliphatic heterocycles. The van der Waals surface area contributed by atoms with Crippen LogP contribution in [0, 0.1) is 5.92 Å². The Hall–Kier alpha value is -0.440. The third kappa shape index (κ3) is 2.89. The molecule has 0 N–H and O–H groups in total. The van der Waals surface area contributed by atoms with Gasteiger partial charge in [0, 0.05) is 13.1 Å². The number of hydrogen-bond donors (Lipinski definition) is 0. The number of alkyl halides is 1. The van der Waals surface area contributed by atoms with Crippen molar-refractivity contribution in [1.82, 2.24) is 4.90 Å². The van der Waals surface area contributed by atoms with Gasteiger partial charge in [0.25, 0.3) is 0 Å². The molecule has 2 unspecified atom stereocenters. The fraction of sp³-hybridized carbons (Fsp3) is 0.889. The third-order valence-corrected chi connectivity index (χ3v) is 1.95. The smallest absolute Gasteiger partial charge is 0.137 e. The zero-order chi connectivity index (χ0) is 9.72. The Morgan fingerprint density at radius 3 is 2.08 bits per heavy atom. The summed E-state index contributed by atoms with van der Waals surface area (Å²) in [5, 5.41) is 0. The van der Waals surface area contributed by atoms with Crippen LogP contribution in [-0.2, 0) is 4.79 Å². The summed E-state index contributed by atoms with van der Waals surface area (Å²) in [7, 11) is 1.83. The van der Waals surface area contributed by atoms with Gasteiger partial charge < -0.3 is 4.90 Å². The molecule has 1 rings (SSSR count). The summed E-state index contributed by atoms with van der Waals surface area (Å²) in [6, 6.07) is 0. The molecule has 1 saturated heterocycles. The van der Waals surface area contributed by atoms with E-state index in [9.17, 15) is 9.18 Å². The van der Waals surface area contributed by atoms with E-state index in [1.807, 2.05) is 25.8 Å². The zero-order valence-corrected chi connectivity index (χ0v) is 8.30. The Kier molecular flexibility index (Phi) is 5.06. The van der Waals surface area contributed by atoms with E-state index in [0.717, 1.165) is 0 Å². The first-order valence-corrected chi connectivity index (χ1v) is 4.44. The summed E-state index contributed by atoms with van der Waals surface area (Å²) in [5.41, 5.74) is 0. The highest BCUT2D eigenvalue weighted by molar-refractivity contribution is 5.79. The Bertz CT molecular complexity index is 149. The van der Waals surface area contributed by atoms with E-state index in [1.54, 1.807) is 0 Å². The van der Waals surface area contributed by atoms with Crippen molar-refractivity contribution < 1.29 is 9.18 Å². The van der Waals surface area contributed by atoms with E-state index in [2.05, 4.69) is 0 Å². The molecule has 12 heavy (non-hydrogen) atoms. The summed E-state index contributed by atoms with van der Waals surface area (Å²) < 4.78 is 12.8. The molecule has 0 radical (unpaired) electrons. The topological polar surface area (TPSA) is 20.3 Å². The van der Waals surface area contributed by atoms with E-state index in [-0.39, 0.29) is 11.7 Å². The number of carbonyl (C=O) groups is 1. The third-order valence-electron chi connectivity index (χ3n) is 1.95. The molecule has 2 atom stereocenters. The first-order valence-electron chi connectivity index (χ1n) is 4.44. The molecule has 0 spiro atoms. The van der Waals surface area contributed by atoms with Crippen molar-refractivity contribution in [3.8, 4) is 0 Å². The predicted octanol–water partition coefficient (Wildman–Crippen LogP) is 1.50. The highest BCUT2D eigenvalue weighted by Gasteiger charge is 2.33. The van der Waals surface area contributed by atoms with E-state index in [4.69, 9.17) is 0 Å². The van der Waals surface area contributed by atoms with Crippen molar-refractivity contribution in [3.05, 3.63) is 0 Å². The Morgan fingerprint density at radius 1 is 1.42 bits per heavy atom. The molecule has 0 bridgehead atoms. The van der Waals surface area contributed by atoms with Gasteiger partial charge in [-0.15, -0.1) is 0 Å². The van der Waals surface area contributed by atoms with Gasteiger partial charge in [0.2, 0.25) is 0 Å². The van der Waals surface area contributed by atoms with Gasteiger partial charge in [-0.05, 0) is 14.0 Å². The molecule has 72 valence electrons. The summed E-state index contributed by atoms with van der Waals surface area (Å²) in [4.78, 5) is 12.6. The molecule has 3 heteroatoms. The Balaban J connectivity index is 0.000000561. The van der Waals surface area contributed by atoms with Crippen molar-refractivity contribution in [2.24, 2.45) is 5.92 Å². The maximum absolute atomic E-state index is 12.8. The van der Waals surface area contributed by atoms with E-state index in [0.29, 0.717) is 13.1 Å². The lowest BCUT2D eigenvalue weighted by molar-refractivity contribution is -0.121. The minimum Gasteiger partial charge on any atom is -0.303 e. The maximum atomic E-state index is 12.8. The van der Waals surface area contributed by atoms with Crippen LogP contribution in [0.4, 0.5) is 4.39 Å². The number of likely N-dealkylation sites (tertiary alicyclic amines) is 1. The average Bonchev–Trinajstić information content (AvgIpc) is 2.34. The molecule has 1 fully saturated rings. The van der Waals surface area contributed by atoms with Crippen LogP contribution in [-0.4, -0.2) is 37.0 Å². The van der Waals surface area contributed by atoms with Crippen LogP contribution in [0.3, 0.4) is 0 Å². The highest BCUT2D eigenvalue weighted by Crippen LogP contribution is 2.18. The first kappa shape index (κ1) is 11.6. The average molecular weight is 175 g/mol. The molecule has 0 saturated carbocycles. The molecule has 0 amide bonds. The molecule has 1 aliphatic rings.